The number of guanidine groups is 1. The van der Waals surface area contributed by atoms with E-state index in [-0.39, 0.29) is 29.5 Å². The van der Waals surface area contributed by atoms with Gasteiger partial charge in [0, 0.05) is 57.0 Å². The Kier molecular flexibility index (Phi) is 8.46. The molecule has 0 saturated carbocycles. The van der Waals surface area contributed by atoms with Crippen LogP contribution in [0.3, 0.4) is 0 Å². The van der Waals surface area contributed by atoms with Gasteiger partial charge in [-0.3, -0.25) is 0 Å². The molecule has 8 nitrogen and oxygen atoms in total. The van der Waals surface area contributed by atoms with E-state index in [0.29, 0.717) is 31.7 Å². The Hall–Kier alpha value is -4.03. The van der Waals surface area contributed by atoms with Crippen molar-refractivity contribution in [2.45, 2.75) is 24.9 Å². The number of aliphatic hydroxyl groups is 1. The lowest BCUT2D eigenvalue weighted by Crippen LogP contribution is -2.55. The van der Waals surface area contributed by atoms with Gasteiger partial charge in [0.2, 0.25) is 5.96 Å². The van der Waals surface area contributed by atoms with Gasteiger partial charge in [0.15, 0.2) is 6.29 Å². The zero-order valence-corrected chi connectivity index (χ0v) is 23.4. The molecule has 1 saturated heterocycles. The Morgan fingerprint density at radius 3 is 2.31 bits per heavy atom. The van der Waals surface area contributed by atoms with Crippen LogP contribution in [0.25, 0.3) is 0 Å². The lowest BCUT2D eigenvalue weighted by Gasteiger charge is -2.46. The Morgan fingerprint density at radius 1 is 0.929 bits per heavy atom. The Labute approximate surface area is 241 Å². The van der Waals surface area contributed by atoms with E-state index in [9.17, 15) is 18.3 Å². The zero-order valence-electron chi connectivity index (χ0n) is 23.4. The molecular formula is C30H32F4N4O4. The SMILES string of the molecule is COc1cccc(N2CCN(C3=Nc4c(F)cccc4C(CC(O)OC)N3c3cc(C(F)(F)F)ccc3OC)CC2)c1. The molecule has 1 fully saturated rings. The van der Waals surface area contributed by atoms with Gasteiger partial charge in [-0.15, -0.1) is 0 Å². The molecule has 2 aliphatic rings. The number of hydrogen-bond donors (Lipinski definition) is 1. The number of anilines is 2. The number of aliphatic imine (C=N–C) groups is 1. The third kappa shape index (κ3) is 5.82. The van der Waals surface area contributed by atoms with Gasteiger partial charge in [-0.1, -0.05) is 18.2 Å². The summed E-state index contributed by atoms with van der Waals surface area (Å²) in [6.45, 7) is 2.01. The quantitative estimate of drug-likeness (QED) is 0.285. The molecule has 2 unspecified atom stereocenters. The summed E-state index contributed by atoms with van der Waals surface area (Å²) in [5.74, 6) is 0.569. The van der Waals surface area contributed by atoms with Crippen molar-refractivity contribution in [3.05, 3.63) is 77.6 Å². The average molecular weight is 589 g/mol. The zero-order chi connectivity index (χ0) is 30.0. The number of ether oxygens (including phenoxy) is 3. The molecule has 0 bridgehead atoms. The molecule has 1 N–H and O–H groups in total. The summed E-state index contributed by atoms with van der Waals surface area (Å²) in [6, 6.07) is 14.5. The summed E-state index contributed by atoms with van der Waals surface area (Å²) >= 11 is 0. The number of fused-ring (bicyclic) bond motifs is 1. The number of hydrogen-bond acceptors (Lipinski definition) is 8. The molecule has 5 rings (SSSR count). The van der Waals surface area contributed by atoms with Crippen LogP contribution in [0.15, 0.2) is 65.7 Å². The van der Waals surface area contributed by atoms with E-state index in [4.69, 9.17) is 19.2 Å². The minimum atomic E-state index is -4.62. The van der Waals surface area contributed by atoms with Crippen LogP contribution < -0.4 is 19.3 Å². The first kappa shape index (κ1) is 29.5. The fraction of sp³-hybridized carbons (Fsp3) is 0.367. The van der Waals surface area contributed by atoms with Crippen LogP contribution in [0.1, 0.15) is 23.6 Å². The van der Waals surface area contributed by atoms with E-state index < -0.39 is 29.9 Å². The molecule has 224 valence electrons. The van der Waals surface area contributed by atoms with Crippen LogP contribution in [0.4, 0.5) is 34.6 Å². The monoisotopic (exact) mass is 588 g/mol. The third-order valence-corrected chi connectivity index (χ3v) is 7.56. The molecule has 2 heterocycles. The van der Waals surface area contributed by atoms with Gasteiger partial charge in [-0.25, -0.2) is 9.38 Å². The van der Waals surface area contributed by atoms with E-state index in [1.165, 1.54) is 32.4 Å². The molecule has 0 aliphatic carbocycles. The molecule has 3 aromatic carbocycles. The number of piperazine rings is 1. The minimum absolute atomic E-state index is 0.0678. The highest BCUT2D eigenvalue weighted by molar-refractivity contribution is 6.02. The van der Waals surface area contributed by atoms with Gasteiger partial charge in [-0.05, 0) is 36.4 Å². The van der Waals surface area contributed by atoms with Crippen molar-refractivity contribution in [3.8, 4) is 11.5 Å². The molecule has 2 aliphatic heterocycles. The summed E-state index contributed by atoms with van der Waals surface area (Å²) in [7, 11) is 4.29. The molecule has 0 radical (unpaired) electrons. The van der Waals surface area contributed by atoms with Crippen LogP contribution in [0.5, 0.6) is 11.5 Å². The molecule has 12 heteroatoms. The first-order valence-corrected chi connectivity index (χ1v) is 13.4. The van der Waals surface area contributed by atoms with E-state index in [0.717, 1.165) is 23.6 Å². The standard InChI is InChI=1S/C30H32F4N4O4/c1-40-21-7-4-6-20(17-21)36-12-14-37(15-13-36)29-35-28-22(8-5-9-23(28)31)24(18-27(39)42-3)38(29)25-16-19(30(32,33)34)10-11-26(25)41-2/h4-11,16-17,24,27,39H,12-15,18H2,1-3H3. The normalized spacial score (nSPS) is 18.0. The van der Waals surface area contributed by atoms with Gasteiger partial charge in [-0.2, -0.15) is 13.2 Å². The number of alkyl halides is 3. The van der Waals surface area contributed by atoms with E-state index in [1.807, 2.05) is 29.2 Å². The first-order valence-electron chi connectivity index (χ1n) is 13.4. The second kappa shape index (κ2) is 12.1. The number of rotatable bonds is 7. The number of para-hydroxylation sites is 1. The van der Waals surface area contributed by atoms with Crippen LogP contribution in [0, 0.1) is 5.82 Å². The summed E-state index contributed by atoms with van der Waals surface area (Å²) < 4.78 is 73.0. The van der Waals surface area contributed by atoms with Crippen molar-refractivity contribution in [2.75, 3.05) is 57.3 Å². The van der Waals surface area contributed by atoms with Crippen molar-refractivity contribution >= 4 is 23.0 Å². The molecule has 3 aromatic rings. The molecule has 0 amide bonds. The van der Waals surface area contributed by atoms with Crippen LogP contribution in [-0.4, -0.2) is 69.8 Å². The summed E-state index contributed by atoms with van der Waals surface area (Å²) in [5.41, 5.74) is 0.650. The molecule has 0 spiro atoms. The van der Waals surface area contributed by atoms with Crippen molar-refractivity contribution in [1.82, 2.24) is 4.90 Å². The highest BCUT2D eigenvalue weighted by Gasteiger charge is 2.40. The van der Waals surface area contributed by atoms with Gasteiger partial charge < -0.3 is 34.0 Å². The fourth-order valence-corrected chi connectivity index (χ4v) is 5.40. The van der Waals surface area contributed by atoms with E-state index in [1.54, 1.807) is 18.1 Å². The maximum Gasteiger partial charge on any atom is 0.416 e. The Bertz CT molecular complexity index is 1440. The highest BCUT2D eigenvalue weighted by atomic mass is 19.4. The second-order valence-corrected chi connectivity index (χ2v) is 9.96. The molecular weight excluding hydrogens is 556 g/mol. The van der Waals surface area contributed by atoms with Crippen molar-refractivity contribution < 1.29 is 36.9 Å². The van der Waals surface area contributed by atoms with Crippen molar-refractivity contribution in [3.63, 3.8) is 0 Å². The maximum atomic E-state index is 15.2. The average Bonchev–Trinajstić information content (AvgIpc) is 3.00. The fourth-order valence-electron chi connectivity index (χ4n) is 5.40. The third-order valence-electron chi connectivity index (χ3n) is 7.56. The number of benzene rings is 3. The second-order valence-electron chi connectivity index (χ2n) is 9.96. The molecule has 2 atom stereocenters. The van der Waals surface area contributed by atoms with Gasteiger partial charge >= 0.3 is 6.18 Å². The summed E-state index contributed by atoms with van der Waals surface area (Å²) in [5, 5.41) is 10.6. The summed E-state index contributed by atoms with van der Waals surface area (Å²) in [4.78, 5) is 10.4. The van der Waals surface area contributed by atoms with Crippen LogP contribution >= 0.6 is 0 Å². The lowest BCUT2D eigenvalue weighted by molar-refractivity contribution is -0.137. The minimum Gasteiger partial charge on any atom is -0.497 e. The Balaban J connectivity index is 1.60. The van der Waals surface area contributed by atoms with Crippen LogP contribution in [0.2, 0.25) is 0 Å². The predicted molar refractivity (Wildman–Crippen MR) is 151 cm³/mol. The van der Waals surface area contributed by atoms with Crippen molar-refractivity contribution in [2.24, 2.45) is 4.99 Å². The van der Waals surface area contributed by atoms with E-state index >= 15 is 4.39 Å². The largest absolute Gasteiger partial charge is 0.497 e. The predicted octanol–water partition coefficient (Wildman–Crippen LogP) is 5.59. The number of nitrogens with zero attached hydrogens (tertiary/aromatic N) is 4. The lowest BCUT2D eigenvalue weighted by atomic mass is 9.96. The highest BCUT2D eigenvalue weighted by Crippen LogP contribution is 2.46. The van der Waals surface area contributed by atoms with Crippen LogP contribution in [-0.2, 0) is 10.9 Å². The molecule has 42 heavy (non-hydrogen) atoms. The smallest absolute Gasteiger partial charge is 0.416 e. The van der Waals surface area contributed by atoms with E-state index in [2.05, 4.69) is 4.90 Å². The van der Waals surface area contributed by atoms with Gasteiger partial charge in [0.25, 0.3) is 0 Å². The topological polar surface area (TPSA) is 70.0 Å². The molecule has 0 aromatic heterocycles. The maximum absolute atomic E-state index is 15.2. The van der Waals surface area contributed by atoms with Gasteiger partial charge in [0.05, 0.1) is 31.5 Å². The number of halogens is 4. The van der Waals surface area contributed by atoms with Gasteiger partial charge in [0.1, 0.15) is 23.0 Å². The number of methoxy groups -OCH3 is 3. The number of aliphatic hydroxyl groups excluding tert-OH is 1. The first-order chi connectivity index (χ1) is 20.1. The summed E-state index contributed by atoms with van der Waals surface area (Å²) in [6.07, 6.45) is -5.98. The van der Waals surface area contributed by atoms with Crippen molar-refractivity contribution in [1.29, 1.82) is 0 Å². The Morgan fingerprint density at radius 2 is 1.64 bits per heavy atom.